The fraction of sp³-hybridized carbons (Fsp3) is 0.333. The summed E-state index contributed by atoms with van der Waals surface area (Å²) in [5.74, 6) is 0.621. The highest BCUT2D eigenvalue weighted by Crippen LogP contribution is 2.21. The van der Waals surface area contributed by atoms with E-state index in [0.717, 1.165) is 12.2 Å². The third kappa shape index (κ3) is 3.53. The number of hydrogen-bond donors (Lipinski definition) is 3. The van der Waals surface area contributed by atoms with Gasteiger partial charge in [-0.25, -0.2) is 0 Å². The van der Waals surface area contributed by atoms with Crippen LogP contribution < -0.4 is 15.8 Å². The lowest BCUT2D eigenvalue weighted by Crippen LogP contribution is -2.14. The molecule has 2 rings (SSSR count). The topological polar surface area (TPSA) is 93.0 Å². The fourth-order valence-electron chi connectivity index (χ4n) is 1.89. The van der Waals surface area contributed by atoms with E-state index in [4.69, 9.17) is 10.5 Å². The Hall–Kier alpha value is -2.50. The lowest BCUT2D eigenvalue weighted by molar-refractivity contribution is 0.102. The number of nitrogens with zero attached hydrogens (tertiary/aromatic N) is 1. The normalized spacial score (nSPS) is 12.0. The molecule has 0 aliphatic carbocycles. The minimum Gasteiger partial charge on any atom is -0.491 e. The molecule has 6 heteroatoms. The second kappa shape index (κ2) is 6.30. The quantitative estimate of drug-likeness (QED) is 0.788. The van der Waals surface area contributed by atoms with Crippen LogP contribution in [0.25, 0.3) is 0 Å². The number of carbonyl (C=O) groups excluding carboxylic acids is 1. The Morgan fingerprint density at radius 3 is 2.90 bits per heavy atom. The highest BCUT2D eigenvalue weighted by Gasteiger charge is 2.16. The van der Waals surface area contributed by atoms with Gasteiger partial charge in [0.2, 0.25) is 0 Å². The molecule has 21 heavy (non-hydrogen) atoms. The van der Waals surface area contributed by atoms with Crippen LogP contribution in [0.1, 0.15) is 36.3 Å². The highest BCUT2D eigenvalue weighted by molar-refractivity contribution is 6.08. The summed E-state index contributed by atoms with van der Waals surface area (Å²) < 4.78 is 5.73. The average molecular weight is 288 g/mol. The molecule has 0 fully saturated rings. The summed E-state index contributed by atoms with van der Waals surface area (Å²) in [6, 6.07) is 7.28. The van der Waals surface area contributed by atoms with Crippen LogP contribution in [0.5, 0.6) is 5.75 Å². The third-order valence-corrected chi connectivity index (χ3v) is 3.21. The molecule has 0 saturated heterocycles. The van der Waals surface area contributed by atoms with Gasteiger partial charge in [0.25, 0.3) is 5.91 Å². The molecule has 112 valence electrons. The van der Waals surface area contributed by atoms with Gasteiger partial charge < -0.3 is 15.8 Å². The second-order valence-electron chi connectivity index (χ2n) is 4.93. The number of nitrogens with two attached hydrogens (primary N) is 1. The van der Waals surface area contributed by atoms with Crippen LogP contribution in [0.15, 0.2) is 24.3 Å². The molecule has 1 amide bonds. The summed E-state index contributed by atoms with van der Waals surface area (Å²) >= 11 is 0. The Morgan fingerprint density at radius 1 is 1.52 bits per heavy atom. The number of aryl methyl sites for hydroxylation is 1. The predicted octanol–water partition coefficient (Wildman–Crippen LogP) is 2.73. The van der Waals surface area contributed by atoms with Crippen LogP contribution >= 0.6 is 0 Å². The van der Waals surface area contributed by atoms with Crippen LogP contribution in [0.3, 0.4) is 0 Å². The number of H-pyrrole nitrogens is 1. The van der Waals surface area contributed by atoms with Crippen molar-refractivity contribution in [2.75, 3.05) is 11.1 Å². The zero-order valence-corrected chi connectivity index (χ0v) is 12.4. The molecule has 1 atom stereocenters. The van der Waals surface area contributed by atoms with Gasteiger partial charge in [-0.3, -0.25) is 9.89 Å². The maximum Gasteiger partial charge on any atom is 0.261 e. The van der Waals surface area contributed by atoms with Crippen molar-refractivity contribution < 1.29 is 9.53 Å². The largest absolute Gasteiger partial charge is 0.491 e. The number of nitrogen functional groups attached to an aromatic ring is 1. The summed E-state index contributed by atoms with van der Waals surface area (Å²) in [5.41, 5.74) is 7.34. The van der Waals surface area contributed by atoms with Crippen LogP contribution in [0, 0.1) is 6.92 Å². The van der Waals surface area contributed by atoms with Crippen LogP contribution in [-0.2, 0) is 0 Å². The number of aromatic amines is 1. The summed E-state index contributed by atoms with van der Waals surface area (Å²) in [6.07, 6.45) is 1.05. The summed E-state index contributed by atoms with van der Waals surface area (Å²) in [7, 11) is 0. The van der Waals surface area contributed by atoms with E-state index in [9.17, 15) is 4.79 Å². The first-order valence-corrected chi connectivity index (χ1v) is 6.89. The molecule has 1 heterocycles. The highest BCUT2D eigenvalue weighted by atomic mass is 16.5. The average Bonchev–Trinajstić information content (AvgIpc) is 2.78. The van der Waals surface area contributed by atoms with Crippen LogP contribution in [0.4, 0.5) is 11.5 Å². The monoisotopic (exact) mass is 288 g/mol. The Labute approximate surface area is 123 Å². The van der Waals surface area contributed by atoms with E-state index in [0.29, 0.717) is 16.9 Å². The number of benzene rings is 1. The van der Waals surface area contributed by atoms with Gasteiger partial charge in [0.15, 0.2) is 5.82 Å². The number of aromatic nitrogens is 2. The SMILES string of the molecule is CCC(C)Oc1cccc(NC(=O)c2c(N)n[nH]c2C)c1. The number of anilines is 2. The Kier molecular flexibility index (Phi) is 4.47. The van der Waals surface area contributed by atoms with E-state index in [1.165, 1.54) is 0 Å². The number of nitrogens with one attached hydrogen (secondary N) is 2. The van der Waals surface area contributed by atoms with Crippen molar-refractivity contribution >= 4 is 17.4 Å². The molecule has 1 unspecified atom stereocenters. The van der Waals surface area contributed by atoms with E-state index in [2.05, 4.69) is 22.4 Å². The van der Waals surface area contributed by atoms with Crippen molar-refractivity contribution in [3.63, 3.8) is 0 Å². The van der Waals surface area contributed by atoms with E-state index >= 15 is 0 Å². The number of hydrogen-bond acceptors (Lipinski definition) is 4. The van der Waals surface area contributed by atoms with Crippen LogP contribution in [0.2, 0.25) is 0 Å². The van der Waals surface area contributed by atoms with Crippen molar-refractivity contribution in [3.05, 3.63) is 35.5 Å². The van der Waals surface area contributed by atoms with E-state index in [1.807, 2.05) is 19.1 Å². The number of ether oxygens (including phenoxy) is 1. The molecule has 0 spiro atoms. The molecule has 2 aromatic rings. The summed E-state index contributed by atoms with van der Waals surface area (Å²) in [4.78, 5) is 12.2. The summed E-state index contributed by atoms with van der Waals surface area (Å²) in [5, 5.41) is 9.30. The zero-order valence-electron chi connectivity index (χ0n) is 12.4. The fourth-order valence-corrected chi connectivity index (χ4v) is 1.89. The molecule has 0 aliphatic heterocycles. The van der Waals surface area contributed by atoms with Crippen molar-refractivity contribution in [3.8, 4) is 5.75 Å². The molecule has 0 radical (unpaired) electrons. The standard InChI is InChI=1S/C15H20N4O2/c1-4-9(2)21-12-7-5-6-11(8-12)17-15(20)13-10(3)18-19-14(13)16/h5-9H,4H2,1-3H3,(H,17,20)(H3,16,18,19). The lowest BCUT2D eigenvalue weighted by atomic mass is 10.2. The van der Waals surface area contributed by atoms with Gasteiger partial charge in [0, 0.05) is 17.4 Å². The van der Waals surface area contributed by atoms with Crippen molar-refractivity contribution in [1.29, 1.82) is 0 Å². The van der Waals surface area contributed by atoms with Crippen molar-refractivity contribution in [2.45, 2.75) is 33.3 Å². The minimum absolute atomic E-state index is 0.128. The second-order valence-corrected chi connectivity index (χ2v) is 4.93. The van der Waals surface area contributed by atoms with Crippen molar-refractivity contribution in [1.82, 2.24) is 10.2 Å². The minimum atomic E-state index is -0.292. The van der Waals surface area contributed by atoms with Gasteiger partial charge in [-0.2, -0.15) is 5.10 Å². The first-order chi connectivity index (χ1) is 10.0. The van der Waals surface area contributed by atoms with Gasteiger partial charge >= 0.3 is 0 Å². The molecule has 6 nitrogen and oxygen atoms in total. The van der Waals surface area contributed by atoms with Crippen LogP contribution in [-0.4, -0.2) is 22.2 Å². The molecule has 0 aliphatic rings. The van der Waals surface area contributed by atoms with Gasteiger partial charge in [0.05, 0.1) is 6.10 Å². The smallest absolute Gasteiger partial charge is 0.261 e. The lowest BCUT2D eigenvalue weighted by Gasteiger charge is -2.13. The molecule has 4 N–H and O–H groups in total. The predicted molar refractivity (Wildman–Crippen MR) is 82.5 cm³/mol. The Balaban J connectivity index is 2.13. The number of rotatable bonds is 5. The molecular formula is C15H20N4O2. The van der Waals surface area contributed by atoms with E-state index in [-0.39, 0.29) is 17.8 Å². The first-order valence-electron chi connectivity index (χ1n) is 6.89. The maximum atomic E-state index is 12.2. The molecule has 1 aromatic heterocycles. The van der Waals surface area contributed by atoms with Crippen molar-refractivity contribution in [2.24, 2.45) is 0 Å². The maximum absolute atomic E-state index is 12.2. The van der Waals surface area contributed by atoms with Gasteiger partial charge in [-0.1, -0.05) is 13.0 Å². The Morgan fingerprint density at radius 2 is 2.29 bits per heavy atom. The first kappa shape index (κ1) is 14.9. The molecular weight excluding hydrogens is 268 g/mol. The number of carbonyl (C=O) groups is 1. The third-order valence-electron chi connectivity index (χ3n) is 3.21. The zero-order chi connectivity index (χ0) is 15.4. The molecule has 0 saturated carbocycles. The van der Waals surface area contributed by atoms with E-state index < -0.39 is 0 Å². The van der Waals surface area contributed by atoms with E-state index in [1.54, 1.807) is 19.1 Å². The molecule has 0 bridgehead atoms. The van der Waals surface area contributed by atoms with Gasteiger partial charge in [-0.05, 0) is 32.4 Å². The summed E-state index contributed by atoms with van der Waals surface area (Å²) in [6.45, 7) is 5.81. The molecule has 1 aromatic carbocycles. The Bertz CT molecular complexity index is 617. The number of amides is 1. The van der Waals surface area contributed by atoms with Gasteiger partial charge in [-0.15, -0.1) is 0 Å². The van der Waals surface area contributed by atoms with Gasteiger partial charge in [0.1, 0.15) is 11.3 Å².